The summed E-state index contributed by atoms with van der Waals surface area (Å²) in [6.45, 7) is 6.20. The molecule has 0 amide bonds. The highest BCUT2D eigenvalue weighted by Crippen LogP contribution is 2.31. The molecular weight excluding hydrogens is 484 g/mol. The summed E-state index contributed by atoms with van der Waals surface area (Å²) in [6, 6.07) is 7.93. The zero-order chi connectivity index (χ0) is 25.3. The Bertz CT molecular complexity index is 2090. The minimum atomic E-state index is -0.176. The second-order valence-corrected chi connectivity index (χ2v) is 11.5. The number of thiophene rings is 1. The number of aromatic amines is 2. The van der Waals surface area contributed by atoms with Crippen LogP contribution < -0.4 is 0 Å². The Balaban J connectivity index is 1.72. The molecule has 0 aliphatic heterocycles. The van der Waals surface area contributed by atoms with Gasteiger partial charge in [0, 0.05) is 39.7 Å². The van der Waals surface area contributed by atoms with Gasteiger partial charge in [-0.15, -0.1) is 11.3 Å². The first-order valence-corrected chi connectivity index (χ1v) is 12.7. The van der Waals surface area contributed by atoms with Gasteiger partial charge in [0.25, 0.3) is 0 Å². The number of H-pyrrole nitrogens is 2. The lowest BCUT2D eigenvalue weighted by Crippen LogP contribution is -2.19. The van der Waals surface area contributed by atoms with E-state index in [1.165, 1.54) is 11.3 Å². The third-order valence-corrected chi connectivity index (χ3v) is 7.46. The van der Waals surface area contributed by atoms with Crippen LogP contribution in [0.15, 0.2) is 55.2 Å². The first-order valence-electron chi connectivity index (χ1n) is 11.9. The van der Waals surface area contributed by atoms with Gasteiger partial charge in [0.1, 0.15) is 15.9 Å². The van der Waals surface area contributed by atoms with Gasteiger partial charge in [-0.1, -0.05) is 20.8 Å². The summed E-state index contributed by atoms with van der Waals surface area (Å²) >= 11 is 1.53. The topological polar surface area (TPSA) is 118 Å². The van der Waals surface area contributed by atoms with Gasteiger partial charge in [0.2, 0.25) is 5.91 Å². The van der Waals surface area contributed by atoms with Crippen LogP contribution in [0.1, 0.15) is 32.0 Å². The molecular formula is C27H22N8OS. The third kappa shape index (κ3) is 3.60. The quantitative estimate of drug-likeness (QED) is 0.270. The fraction of sp³-hybridized carbons (Fsp3) is 0.185. The van der Waals surface area contributed by atoms with Crippen molar-refractivity contribution in [1.82, 2.24) is 39.7 Å². The Morgan fingerprint density at radius 2 is 1.84 bits per heavy atom. The minimum Gasteiger partial charge on any atom is -0.335 e. The molecule has 0 spiro atoms. The van der Waals surface area contributed by atoms with E-state index in [-0.39, 0.29) is 11.3 Å². The van der Waals surface area contributed by atoms with Crippen molar-refractivity contribution in [2.24, 2.45) is 5.41 Å². The summed E-state index contributed by atoms with van der Waals surface area (Å²) in [6.07, 6.45) is 9.22. The molecule has 0 fully saturated rings. The molecule has 7 aromatic heterocycles. The maximum absolute atomic E-state index is 13.7. The highest BCUT2D eigenvalue weighted by Gasteiger charge is 2.19. The smallest absolute Gasteiger partial charge is 0.232 e. The van der Waals surface area contributed by atoms with Crippen LogP contribution in [0.25, 0.3) is 64.4 Å². The van der Waals surface area contributed by atoms with Crippen molar-refractivity contribution in [3.63, 3.8) is 0 Å². The summed E-state index contributed by atoms with van der Waals surface area (Å²) in [5, 5.41) is 10.2. The Hall–Kier alpha value is -4.44. The van der Waals surface area contributed by atoms with E-state index in [0.29, 0.717) is 23.1 Å². The largest absolute Gasteiger partial charge is 0.335 e. The molecule has 7 heterocycles. The van der Waals surface area contributed by atoms with Crippen molar-refractivity contribution >= 4 is 81.7 Å². The predicted molar refractivity (Wildman–Crippen MR) is 147 cm³/mol. The second kappa shape index (κ2) is 7.78. The molecule has 0 saturated heterocycles. The number of hydrogen-bond acceptors (Lipinski definition) is 7. The van der Waals surface area contributed by atoms with Gasteiger partial charge in [-0.05, 0) is 29.7 Å². The van der Waals surface area contributed by atoms with Crippen LogP contribution in [0.4, 0.5) is 0 Å². The van der Waals surface area contributed by atoms with Crippen molar-refractivity contribution in [3.05, 3.63) is 55.2 Å². The van der Waals surface area contributed by atoms with Crippen LogP contribution in [-0.2, 0) is 0 Å². The van der Waals surface area contributed by atoms with E-state index in [4.69, 9.17) is 4.98 Å². The number of carbonyl (C=O) groups excluding carboxylic acids is 1. The molecule has 182 valence electrons. The number of rotatable bonds is 1. The standard InChI is InChI=1S/C27H22N8OS/c1-27(2,3)8-22(36)35-15-6-14(9-28-10-15)18-7-16-19(13-30-18)33-34-25(16)26-31-20-12-29-11-17(24(20)32-26)21-4-5-23(35)37-21/h4-7,9-13H,8H2,1-3H3,(H,31,32)(H,33,34). The lowest BCUT2D eigenvalue weighted by atomic mass is 9.92. The maximum atomic E-state index is 13.7. The van der Waals surface area contributed by atoms with Gasteiger partial charge in [-0.3, -0.25) is 29.4 Å². The molecule has 0 aliphatic carbocycles. The predicted octanol–water partition coefficient (Wildman–Crippen LogP) is 6.30. The molecule has 8 bridgehead atoms. The first-order chi connectivity index (χ1) is 17.8. The molecule has 9 nitrogen and oxygen atoms in total. The van der Waals surface area contributed by atoms with E-state index < -0.39 is 0 Å². The summed E-state index contributed by atoms with van der Waals surface area (Å²) in [7, 11) is 0. The molecule has 0 aromatic carbocycles. The molecule has 7 aromatic rings. The van der Waals surface area contributed by atoms with Crippen LogP contribution in [-0.4, -0.2) is 45.6 Å². The molecule has 2 N–H and O–H groups in total. The molecule has 10 heteroatoms. The second-order valence-electron chi connectivity index (χ2n) is 10.4. The number of nitrogens with one attached hydrogen (secondary N) is 2. The van der Waals surface area contributed by atoms with E-state index in [1.54, 1.807) is 29.4 Å². The van der Waals surface area contributed by atoms with Crippen molar-refractivity contribution < 1.29 is 4.79 Å². The van der Waals surface area contributed by atoms with Gasteiger partial charge in [-0.25, -0.2) is 4.98 Å². The summed E-state index contributed by atoms with van der Waals surface area (Å²) in [5.74, 6) is 0.00286. The van der Waals surface area contributed by atoms with Gasteiger partial charge < -0.3 is 4.98 Å². The lowest BCUT2D eigenvalue weighted by molar-refractivity contribution is 0.0867. The number of carbonyl (C=O) groups is 1. The average molecular weight is 507 g/mol. The maximum Gasteiger partial charge on any atom is 0.232 e. The van der Waals surface area contributed by atoms with Crippen molar-refractivity contribution in [1.29, 1.82) is 0 Å². The Labute approximate surface area is 213 Å². The molecule has 37 heavy (non-hydrogen) atoms. The minimum absolute atomic E-state index is 0.00286. The van der Waals surface area contributed by atoms with E-state index in [1.807, 2.05) is 30.5 Å². The van der Waals surface area contributed by atoms with E-state index in [0.717, 1.165) is 47.8 Å². The highest BCUT2D eigenvalue weighted by atomic mass is 32.1. The monoisotopic (exact) mass is 506 g/mol. The van der Waals surface area contributed by atoms with Crippen LogP contribution in [0.2, 0.25) is 0 Å². The van der Waals surface area contributed by atoms with Gasteiger partial charge in [0.15, 0.2) is 5.65 Å². The Morgan fingerprint density at radius 3 is 2.70 bits per heavy atom. The van der Waals surface area contributed by atoms with Crippen molar-refractivity contribution in [2.75, 3.05) is 0 Å². The normalized spacial score (nSPS) is 12.4. The highest BCUT2D eigenvalue weighted by molar-refractivity contribution is 7.24. The Kier molecular flexibility index (Phi) is 4.58. The number of nitrogens with zero attached hydrogens (tertiary/aromatic N) is 6. The molecule has 0 unspecified atom stereocenters. The van der Waals surface area contributed by atoms with Crippen LogP contribution in [0, 0.1) is 5.41 Å². The lowest BCUT2D eigenvalue weighted by Gasteiger charge is -2.18. The fourth-order valence-electron chi connectivity index (χ4n) is 4.69. The molecule has 7 rings (SSSR count). The summed E-state index contributed by atoms with van der Waals surface area (Å²) in [5.41, 5.74) is 5.01. The van der Waals surface area contributed by atoms with E-state index in [2.05, 4.69) is 50.9 Å². The first kappa shape index (κ1) is 21.8. The molecule has 0 aliphatic rings. The molecule has 0 radical (unpaired) electrons. The van der Waals surface area contributed by atoms with Crippen LogP contribution >= 0.6 is 11.3 Å². The summed E-state index contributed by atoms with van der Waals surface area (Å²) in [4.78, 5) is 36.4. The Morgan fingerprint density at radius 1 is 0.973 bits per heavy atom. The van der Waals surface area contributed by atoms with Gasteiger partial charge in [0.05, 0.1) is 40.7 Å². The summed E-state index contributed by atoms with van der Waals surface area (Å²) < 4.78 is 2.73. The zero-order valence-corrected chi connectivity index (χ0v) is 21.2. The average Bonchev–Trinajstić information content (AvgIpc) is 3.60. The van der Waals surface area contributed by atoms with Crippen LogP contribution in [0.5, 0.6) is 0 Å². The SMILES string of the molecule is CC(C)(C)CC(=O)n1c2cncc(c2)c2cc3c(cn2)[nH]nc3c2nc3c(cncc3c3ccc1s3)[nH]2. The van der Waals surface area contributed by atoms with E-state index >= 15 is 0 Å². The van der Waals surface area contributed by atoms with Crippen molar-refractivity contribution in [2.45, 2.75) is 27.2 Å². The van der Waals surface area contributed by atoms with E-state index in [9.17, 15) is 4.79 Å². The number of fused-ring (bicyclic) bond motifs is 9. The number of hydrogen-bond donors (Lipinski definition) is 2. The van der Waals surface area contributed by atoms with Gasteiger partial charge >= 0.3 is 0 Å². The molecule has 0 saturated carbocycles. The number of pyridine rings is 3. The van der Waals surface area contributed by atoms with Crippen LogP contribution in [0.3, 0.4) is 0 Å². The van der Waals surface area contributed by atoms with Gasteiger partial charge in [-0.2, -0.15) is 5.10 Å². The number of aromatic nitrogens is 8. The molecule has 0 atom stereocenters. The third-order valence-electron chi connectivity index (χ3n) is 6.35. The fourth-order valence-corrected chi connectivity index (χ4v) is 5.75. The zero-order valence-electron chi connectivity index (χ0n) is 20.4. The van der Waals surface area contributed by atoms with Crippen molar-refractivity contribution in [3.8, 4) is 0 Å². The number of imidazole rings is 1.